The Morgan fingerprint density at radius 1 is 1.23 bits per heavy atom. The summed E-state index contributed by atoms with van der Waals surface area (Å²) in [7, 11) is 1.81. The first-order valence-electron chi connectivity index (χ1n) is 8.74. The van der Waals surface area contributed by atoms with E-state index in [9.17, 15) is 4.79 Å². The normalized spacial score (nSPS) is 27.3. The molecule has 22 heavy (non-hydrogen) atoms. The topological polar surface area (TPSA) is 41.6 Å². The molecule has 0 aromatic carbocycles. The predicted octanol–water partition coefficient (Wildman–Crippen LogP) is 3.90. The van der Waals surface area contributed by atoms with E-state index in [0.29, 0.717) is 12.0 Å². The monoisotopic (exact) mass is 312 g/mol. The summed E-state index contributed by atoms with van der Waals surface area (Å²) < 4.78 is 5.39. The fourth-order valence-electron chi connectivity index (χ4n) is 3.43. The van der Waals surface area contributed by atoms with Gasteiger partial charge in [0, 0.05) is 19.6 Å². The lowest BCUT2D eigenvalue weighted by atomic mass is 9.80. The van der Waals surface area contributed by atoms with Crippen LogP contribution >= 0.6 is 0 Å². The molecule has 0 aliphatic heterocycles. The quantitative estimate of drug-likeness (QED) is 0.837. The largest absolute Gasteiger partial charge is 0.444 e. The van der Waals surface area contributed by atoms with Gasteiger partial charge in [-0.1, -0.05) is 20.8 Å². The lowest BCUT2D eigenvalue weighted by Crippen LogP contribution is -2.42. The van der Waals surface area contributed by atoms with Crippen LogP contribution in [0.1, 0.15) is 60.8 Å². The predicted molar refractivity (Wildman–Crippen MR) is 92.0 cm³/mol. The van der Waals surface area contributed by atoms with Gasteiger partial charge in [-0.15, -0.1) is 0 Å². The minimum absolute atomic E-state index is 0.237. The van der Waals surface area contributed by atoms with E-state index in [-0.39, 0.29) is 6.09 Å². The molecule has 4 heteroatoms. The highest BCUT2D eigenvalue weighted by molar-refractivity contribution is 5.67. The molecule has 1 saturated carbocycles. The van der Waals surface area contributed by atoms with Gasteiger partial charge in [0.25, 0.3) is 0 Å². The van der Waals surface area contributed by atoms with Crippen LogP contribution in [0.4, 0.5) is 4.79 Å². The van der Waals surface area contributed by atoms with Gasteiger partial charge in [0.05, 0.1) is 0 Å². The van der Waals surface area contributed by atoms with Crippen molar-refractivity contribution in [1.82, 2.24) is 10.2 Å². The van der Waals surface area contributed by atoms with Crippen LogP contribution in [0, 0.1) is 17.8 Å². The average molecular weight is 312 g/mol. The second-order valence-corrected chi connectivity index (χ2v) is 8.49. The number of nitrogens with one attached hydrogen (secondary N) is 1. The van der Waals surface area contributed by atoms with Crippen LogP contribution in [-0.4, -0.2) is 42.8 Å². The number of hydrogen-bond acceptors (Lipinski definition) is 3. The molecule has 0 spiro atoms. The van der Waals surface area contributed by atoms with Gasteiger partial charge in [0.1, 0.15) is 5.60 Å². The molecular weight excluding hydrogens is 276 g/mol. The molecule has 1 fully saturated rings. The number of rotatable bonds is 5. The number of carbonyl (C=O) groups excluding carboxylic acids is 1. The van der Waals surface area contributed by atoms with Gasteiger partial charge in [0.15, 0.2) is 0 Å². The van der Waals surface area contributed by atoms with Gasteiger partial charge in [-0.25, -0.2) is 4.79 Å². The van der Waals surface area contributed by atoms with Crippen molar-refractivity contribution in [3.63, 3.8) is 0 Å². The number of ether oxygens (including phenoxy) is 1. The molecule has 3 unspecified atom stereocenters. The summed E-state index contributed by atoms with van der Waals surface area (Å²) in [6.45, 7) is 14.3. The summed E-state index contributed by atoms with van der Waals surface area (Å²) in [6.07, 6.45) is 3.67. The average Bonchev–Trinajstić information content (AvgIpc) is 2.33. The molecule has 1 aliphatic carbocycles. The molecule has 1 rings (SSSR count). The van der Waals surface area contributed by atoms with Crippen molar-refractivity contribution in [3.8, 4) is 0 Å². The number of nitrogens with zero attached hydrogens (tertiary/aromatic N) is 1. The smallest absolute Gasteiger partial charge is 0.410 e. The van der Waals surface area contributed by atoms with E-state index in [1.54, 1.807) is 4.90 Å². The Morgan fingerprint density at radius 3 is 2.27 bits per heavy atom. The lowest BCUT2D eigenvalue weighted by Gasteiger charge is -2.33. The van der Waals surface area contributed by atoms with Crippen molar-refractivity contribution < 1.29 is 9.53 Å². The highest BCUT2D eigenvalue weighted by Crippen LogP contribution is 2.28. The molecule has 1 aliphatic rings. The third kappa shape index (κ3) is 7.48. The highest BCUT2D eigenvalue weighted by Gasteiger charge is 2.24. The van der Waals surface area contributed by atoms with Crippen LogP contribution in [-0.2, 0) is 4.74 Å². The summed E-state index contributed by atoms with van der Waals surface area (Å²) in [6, 6.07) is 0.632. The maximum atomic E-state index is 12.0. The Hall–Kier alpha value is -0.770. The number of hydrogen-bond donors (Lipinski definition) is 1. The summed E-state index contributed by atoms with van der Waals surface area (Å²) >= 11 is 0. The molecule has 0 aromatic rings. The van der Waals surface area contributed by atoms with Crippen molar-refractivity contribution in [2.24, 2.45) is 17.8 Å². The van der Waals surface area contributed by atoms with Crippen LogP contribution < -0.4 is 5.32 Å². The van der Waals surface area contributed by atoms with Crippen LogP contribution in [0.5, 0.6) is 0 Å². The zero-order chi connectivity index (χ0) is 16.9. The maximum Gasteiger partial charge on any atom is 0.410 e. The number of carbonyl (C=O) groups is 1. The van der Waals surface area contributed by atoms with E-state index in [1.165, 1.54) is 19.3 Å². The van der Waals surface area contributed by atoms with E-state index in [1.807, 2.05) is 27.8 Å². The molecule has 4 nitrogen and oxygen atoms in total. The second kappa shape index (κ2) is 8.19. The van der Waals surface area contributed by atoms with Gasteiger partial charge in [-0.2, -0.15) is 0 Å². The van der Waals surface area contributed by atoms with Crippen LogP contribution in [0.2, 0.25) is 0 Å². The molecule has 3 atom stereocenters. The van der Waals surface area contributed by atoms with Crippen LogP contribution in [0.25, 0.3) is 0 Å². The SMILES string of the molecule is CC1CC(C)CC(NCC(C)CN(C)C(=O)OC(C)(C)C)C1. The molecule has 0 bridgehead atoms. The summed E-state index contributed by atoms with van der Waals surface area (Å²) in [5.74, 6) is 2.06. The van der Waals surface area contributed by atoms with Gasteiger partial charge in [0.2, 0.25) is 0 Å². The molecule has 0 radical (unpaired) electrons. The Balaban J connectivity index is 2.30. The van der Waals surface area contributed by atoms with E-state index in [2.05, 4.69) is 26.1 Å². The fourth-order valence-corrected chi connectivity index (χ4v) is 3.43. The third-order valence-corrected chi connectivity index (χ3v) is 4.22. The molecule has 130 valence electrons. The zero-order valence-electron chi connectivity index (χ0n) is 15.6. The summed E-state index contributed by atoms with van der Waals surface area (Å²) in [5.41, 5.74) is -0.429. The molecule has 1 N–H and O–H groups in total. The standard InChI is InChI=1S/C18H36N2O2/c1-13-8-14(2)10-16(9-13)19-11-15(3)12-20(7)17(21)22-18(4,5)6/h13-16,19H,8-12H2,1-7H3. The Labute approximate surface area is 137 Å². The van der Waals surface area contributed by atoms with Crippen molar-refractivity contribution >= 4 is 6.09 Å². The molecule has 1 amide bonds. The minimum Gasteiger partial charge on any atom is -0.444 e. The van der Waals surface area contributed by atoms with E-state index >= 15 is 0 Å². The van der Waals surface area contributed by atoms with Gasteiger partial charge >= 0.3 is 6.09 Å². The van der Waals surface area contributed by atoms with Gasteiger partial charge in [-0.3, -0.25) is 0 Å². The van der Waals surface area contributed by atoms with Crippen LogP contribution in [0.15, 0.2) is 0 Å². The van der Waals surface area contributed by atoms with E-state index in [0.717, 1.165) is 24.9 Å². The summed E-state index contributed by atoms with van der Waals surface area (Å²) in [4.78, 5) is 13.7. The van der Waals surface area contributed by atoms with Crippen molar-refractivity contribution in [2.75, 3.05) is 20.1 Å². The fraction of sp³-hybridized carbons (Fsp3) is 0.944. The molecule has 0 aromatic heterocycles. The van der Waals surface area contributed by atoms with Gasteiger partial charge in [-0.05, 0) is 64.3 Å². The molecule has 0 heterocycles. The minimum atomic E-state index is -0.429. The zero-order valence-corrected chi connectivity index (χ0v) is 15.6. The Kier molecular flexibility index (Phi) is 7.17. The first-order chi connectivity index (χ1) is 10.1. The van der Waals surface area contributed by atoms with Crippen LogP contribution in [0.3, 0.4) is 0 Å². The molecule has 0 saturated heterocycles. The third-order valence-electron chi connectivity index (χ3n) is 4.22. The molecular formula is C18H36N2O2. The van der Waals surface area contributed by atoms with E-state index < -0.39 is 5.60 Å². The maximum absolute atomic E-state index is 12.0. The van der Waals surface area contributed by atoms with Gasteiger partial charge < -0.3 is 15.0 Å². The van der Waals surface area contributed by atoms with Crippen molar-refractivity contribution in [2.45, 2.75) is 72.4 Å². The Morgan fingerprint density at radius 2 is 1.77 bits per heavy atom. The summed E-state index contributed by atoms with van der Waals surface area (Å²) in [5, 5.41) is 3.70. The van der Waals surface area contributed by atoms with Crippen molar-refractivity contribution in [3.05, 3.63) is 0 Å². The van der Waals surface area contributed by atoms with Crippen molar-refractivity contribution in [1.29, 1.82) is 0 Å². The number of amides is 1. The Bertz CT molecular complexity index is 341. The first kappa shape index (κ1) is 19.3. The van der Waals surface area contributed by atoms with E-state index in [4.69, 9.17) is 4.74 Å². The lowest BCUT2D eigenvalue weighted by molar-refractivity contribution is 0.0276. The first-order valence-corrected chi connectivity index (χ1v) is 8.74. The highest BCUT2D eigenvalue weighted by atomic mass is 16.6. The second-order valence-electron chi connectivity index (χ2n) is 8.49.